The third-order valence-electron chi connectivity index (χ3n) is 4.15. The molecule has 1 aliphatic carbocycles. The SMILES string of the molecule is O=CCC1(CC=O)c2cc(Br)ccc2-c2ccc(Br)cc21. The highest BCUT2D eigenvalue weighted by molar-refractivity contribution is 9.10. The molecule has 0 bridgehead atoms. The molecule has 0 radical (unpaired) electrons. The average molecular weight is 408 g/mol. The molecular weight excluding hydrogens is 396 g/mol. The number of hydrogen-bond donors (Lipinski definition) is 0. The molecule has 3 rings (SSSR count). The normalized spacial score (nSPS) is 14.4. The molecule has 0 aromatic heterocycles. The van der Waals surface area contributed by atoms with Crippen molar-refractivity contribution in [1.82, 2.24) is 0 Å². The van der Waals surface area contributed by atoms with E-state index in [4.69, 9.17) is 0 Å². The molecule has 0 N–H and O–H groups in total. The van der Waals surface area contributed by atoms with Crippen molar-refractivity contribution in [2.24, 2.45) is 0 Å². The number of fused-ring (bicyclic) bond motifs is 3. The molecule has 0 saturated carbocycles. The van der Waals surface area contributed by atoms with Crippen LogP contribution in [0.3, 0.4) is 0 Å². The largest absolute Gasteiger partial charge is 0.303 e. The van der Waals surface area contributed by atoms with Crippen molar-refractivity contribution in [3.63, 3.8) is 0 Å². The quantitative estimate of drug-likeness (QED) is 0.691. The number of hydrogen-bond acceptors (Lipinski definition) is 2. The van der Waals surface area contributed by atoms with Gasteiger partial charge in [-0.05, 0) is 46.5 Å². The van der Waals surface area contributed by atoms with Gasteiger partial charge in [0.05, 0.1) is 0 Å². The van der Waals surface area contributed by atoms with E-state index in [0.29, 0.717) is 12.8 Å². The monoisotopic (exact) mass is 406 g/mol. The summed E-state index contributed by atoms with van der Waals surface area (Å²) in [6, 6.07) is 12.1. The van der Waals surface area contributed by atoms with Crippen LogP contribution in [-0.4, -0.2) is 12.6 Å². The van der Waals surface area contributed by atoms with E-state index < -0.39 is 5.41 Å². The fraction of sp³-hybridized carbons (Fsp3) is 0.176. The Morgan fingerprint density at radius 3 is 1.62 bits per heavy atom. The molecule has 0 heterocycles. The number of aldehydes is 2. The molecule has 0 atom stereocenters. The maximum Gasteiger partial charge on any atom is 0.121 e. The van der Waals surface area contributed by atoms with Crippen molar-refractivity contribution in [3.8, 4) is 11.1 Å². The summed E-state index contributed by atoms with van der Waals surface area (Å²) < 4.78 is 1.91. The van der Waals surface area contributed by atoms with E-state index in [9.17, 15) is 9.59 Å². The summed E-state index contributed by atoms with van der Waals surface area (Å²) in [6.45, 7) is 0. The lowest BCUT2D eigenvalue weighted by Crippen LogP contribution is -2.26. The van der Waals surface area contributed by atoms with E-state index in [1.807, 2.05) is 36.4 Å². The average Bonchev–Trinajstić information content (AvgIpc) is 2.70. The van der Waals surface area contributed by atoms with Gasteiger partial charge in [-0.2, -0.15) is 0 Å². The van der Waals surface area contributed by atoms with Crippen LogP contribution in [0.25, 0.3) is 11.1 Å². The topological polar surface area (TPSA) is 34.1 Å². The molecule has 0 saturated heterocycles. The Balaban J connectivity index is 2.37. The number of halogens is 2. The minimum atomic E-state index is -0.554. The summed E-state index contributed by atoms with van der Waals surface area (Å²) in [6.07, 6.45) is 2.42. The molecule has 0 aliphatic heterocycles. The molecule has 0 fully saturated rings. The predicted molar refractivity (Wildman–Crippen MR) is 89.4 cm³/mol. The third kappa shape index (κ3) is 2.21. The van der Waals surface area contributed by atoms with Crippen LogP contribution in [-0.2, 0) is 15.0 Å². The van der Waals surface area contributed by atoms with E-state index in [2.05, 4.69) is 31.9 Å². The maximum atomic E-state index is 11.3. The highest BCUT2D eigenvalue weighted by Gasteiger charge is 2.42. The number of carbonyl (C=O) groups excluding carboxylic acids is 2. The van der Waals surface area contributed by atoms with E-state index in [1.54, 1.807) is 0 Å². The first-order valence-corrected chi connectivity index (χ1v) is 8.19. The fourth-order valence-electron chi connectivity index (χ4n) is 3.25. The minimum Gasteiger partial charge on any atom is -0.303 e. The molecule has 4 heteroatoms. The van der Waals surface area contributed by atoms with Gasteiger partial charge in [-0.3, -0.25) is 0 Å². The van der Waals surface area contributed by atoms with Crippen LogP contribution in [0, 0.1) is 0 Å². The summed E-state index contributed by atoms with van der Waals surface area (Å²) in [7, 11) is 0. The van der Waals surface area contributed by atoms with Crippen LogP contribution >= 0.6 is 31.9 Å². The molecule has 0 amide bonds. The van der Waals surface area contributed by atoms with Crippen LogP contribution in [0.2, 0.25) is 0 Å². The highest BCUT2D eigenvalue weighted by atomic mass is 79.9. The second-order valence-corrected chi connectivity index (χ2v) is 7.03. The van der Waals surface area contributed by atoms with E-state index in [0.717, 1.165) is 43.8 Å². The molecule has 0 spiro atoms. The molecule has 106 valence electrons. The number of rotatable bonds is 4. The second-order valence-electron chi connectivity index (χ2n) is 5.20. The van der Waals surface area contributed by atoms with Gasteiger partial charge < -0.3 is 9.59 Å². The van der Waals surface area contributed by atoms with Gasteiger partial charge in [0, 0.05) is 27.2 Å². The van der Waals surface area contributed by atoms with E-state index >= 15 is 0 Å². The summed E-state index contributed by atoms with van der Waals surface area (Å²) in [5.41, 5.74) is 3.74. The zero-order chi connectivity index (χ0) is 15.0. The Hall–Kier alpha value is -1.26. The van der Waals surface area contributed by atoms with Gasteiger partial charge in [0.2, 0.25) is 0 Å². The van der Waals surface area contributed by atoms with Crippen molar-refractivity contribution < 1.29 is 9.59 Å². The molecule has 2 aromatic carbocycles. The van der Waals surface area contributed by atoms with Crippen LogP contribution < -0.4 is 0 Å². The van der Waals surface area contributed by atoms with Crippen molar-refractivity contribution in [3.05, 3.63) is 56.5 Å². The summed E-state index contributed by atoms with van der Waals surface area (Å²) in [5.74, 6) is 0. The Morgan fingerprint density at radius 2 is 1.24 bits per heavy atom. The van der Waals surface area contributed by atoms with Gasteiger partial charge >= 0.3 is 0 Å². The first kappa shape index (κ1) is 14.7. The summed E-state index contributed by atoms with van der Waals surface area (Å²) in [5, 5.41) is 0. The van der Waals surface area contributed by atoms with Crippen molar-refractivity contribution in [2.45, 2.75) is 18.3 Å². The highest BCUT2D eigenvalue weighted by Crippen LogP contribution is 2.53. The van der Waals surface area contributed by atoms with E-state index in [-0.39, 0.29) is 0 Å². The third-order valence-corrected chi connectivity index (χ3v) is 5.13. The lowest BCUT2D eigenvalue weighted by atomic mass is 9.73. The second kappa shape index (κ2) is 5.50. The van der Waals surface area contributed by atoms with Gasteiger partial charge in [-0.1, -0.05) is 44.0 Å². The zero-order valence-corrected chi connectivity index (χ0v) is 14.3. The molecule has 0 unspecified atom stereocenters. The molecule has 2 aromatic rings. The van der Waals surface area contributed by atoms with Crippen molar-refractivity contribution >= 4 is 44.4 Å². The summed E-state index contributed by atoms with van der Waals surface area (Å²) in [4.78, 5) is 22.6. The Kier molecular flexibility index (Phi) is 3.84. The van der Waals surface area contributed by atoms with Crippen LogP contribution in [0.1, 0.15) is 24.0 Å². The maximum absolute atomic E-state index is 11.3. The van der Waals surface area contributed by atoms with Crippen LogP contribution in [0.5, 0.6) is 0 Å². The first-order valence-electron chi connectivity index (χ1n) is 6.60. The van der Waals surface area contributed by atoms with Crippen LogP contribution in [0.15, 0.2) is 45.3 Å². The lowest BCUT2D eigenvalue weighted by Gasteiger charge is -2.28. The molecule has 2 nitrogen and oxygen atoms in total. The predicted octanol–water partition coefficient (Wildman–Crippen LogP) is 4.66. The first-order chi connectivity index (χ1) is 10.1. The number of benzene rings is 2. The van der Waals surface area contributed by atoms with Crippen molar-refractivity contribution in [2.75, 3.05) is 0 Å². The van der Waals surface area contributed by atoms with Gasteiger partial charge in [0.1, 0.15) is 12.6 Å². The van der Waals surface area contributed by atoms with Gasteiger partial charge in [-0.15, -0.1) is 0 Å². The summed E-state index contributed by atoms with van der Waals surface area (Å²) >= 11 is 6.98. The molecule has 1 aliphatic rings. The minimum absolute atomic E-state index is 0.304. The Bertz CT molecular complexity index is 674. The van der Waals surface area contributed by atoms with Gasteiger partial charge in [-0.25, -0.2) is 0 Å². The van der Waals surface area contributed by atoms with Gasteiger partial charge in [0.15, 0.2) is 0 Å². The zero-order valence-electron chi connectivity index (χ0n) is 11.1. The fourth-order valence-corrected chi connectivity index (χ4v) is 3.97. The van der Waals surface area contributed by atoms with Crippen LogP contribution in [0.4, 0.5) is 0 Å². The standard InChI is InChI=1S/C17H12Br2O2/c18-11-1-3-13-14-4-2-12(19)10-16(14)17(5-7-20,6-8-21)15(13)9-11/h1-4,7-10H,5-6H2. The Labute approximate surface area is 139 Å². The smallest absolute Gasteiger partial charge is 0.121 e. The Morgan fingerprint density at radius 1 is 0.810 bits per heavy atom. The van der Waals surface area contributed by atoms with Gasteiger partial charge in [0.25, 0.3) is 0 Å². The number of carbonyl (C=O) groups is 2. The van der Waals surface area contributed by atoms with E-state index in [1.165, 1.54) is 0 Å². The molecule has 21 heavy (non-hydrogen) atoms. The van der Waals surface area contributed by atoms with Crippen molar-refractivity contribution in [1.29, 1.82) is 0 Å². The lowest BCUT2D eigenvalue weighted by molar-refractivity contribution is -0.110. The molecular formula is C17H12Br2O2.